The zero-order valence-corrected chi connectivity index (χ0v) is 15.6. The molecule has 0 atom stereocenters. The summed E-state index contributed by atoms with van der Waals surface area (Å²) in [6.45, 7) is 4.61. The van der Waals surface area contributed by atoms with Crippen molar-refractivity contribution in [1.82, 2.24) is 16.0 Å². The van der Waals surface area contributed by atoms with Crippen LogP contribution in [0, 0.1) is 0 Å². The molecule has 3 N–H and O–H groups in total. The normalized spacial score (nSPS) is 10.6. The molecule has 22 heavy (non-hydrogen) atoms. The molecule has 0 aromatic heterocycles. The monoisotopic (exact) mass is 420 g/mol. The Morgan fingerprint density at radius 1 is 1.32 bits per heavy atom. The summed E-state index contributed by atoms with van der Waals surface area (Å²) in [5, 5.41) is 8.97. The second-order valence-corrected chi connectivity index (χ2v) is 4.33. The van der Waals surface area contributed by atoms with Gasteiger partial charge < -0.3 is 20.7 Å². The first-order valence-corrected chi connectivity index (χ1v) is 7.04. The lowest BCUT2D eigenvalue weighted by Crippen LogP contribution is -2.38. The first-order chi connectivity index (χ1) is 10.2. The molecule has 0 heterocycles. The second-order valence-electron chi connectivity index (χ2n) is 4.33. The van der Waals surface area contributed by atoms with E-state index in [1.54, 1.807) is 20.2 Å². The molecule has 0 spiro atoms. The maximum atomic E-state index is 11.6. The van der Waals surface area contributed by atoms with Crippen molar-refractivity contribution in [3.8, 4) is 0 Å². The Hall–Kier alpha value is -1.35. The summed E-state index contributed by atoms with van der Waals surface area (Å²) in [5.41, 5.74) is 1.67. The molecule has 0 radical (unpaired) electrons. The van der Waals surface area contributed by atoms with Crippen molar-refractivity contribution in [2.24, 2.45) is 4.99 Å². The zero-order chi connectivity index (χ0) is 15.5. The third-order valence-electron chi connectivity index (χ3n) is 2.84. The van der Waals surface area contributed by atoms with Gasteiger partial charge in [0.25, 0.3) is 5.91 Å². The van der Waals surface area contributed by atoms with E-state index < -0.39 is 0 Å². The molecular weight excluding hydrogens is 395 g/mol. The summed E-state index contributed by atoms with van der Waals surface area (Å²) < 4.78 is 5.26. The number of carbonyl (C=O) groups is 1. The Labute approximate surface area is 149 Å². The van der Waals surface area contributed by atoms with Crippen molar-refractivity contribution in [1.29, 1.82) is 0 Å². The quantitative estimate of drug-likeness (QED) is 0.270. The Kier molecular flexibility index (Phi) is 11.5. The summed E-state index contributed by atoms with van der Waals surface area (Å²) in [4.78, 5) is 15.7. The van der Waals surface area contributed by atoms with Crippen molar-refractivity contribution < 1.29 is 9.53 Å². The van der Waals surface area contributed by atoms with Gasteiger partial charge in [-0.25, -0.2) is 0 Å². The second kappa shape index (κ2) is 12.2. The van der Waals surface area contributed by atoms with E-state index in [1.165, 1.54) is 0 Å². The molecule has 0 saturated heterocycles. The molecule has 0 aliphatic rings. The minimum absolute atomic E-state index is 0. The van der Waals surface area contributed by atoms with E-state index in [0.29, 0.717) is 37.8 Å². The maximum absolute atomic E-state index is 11.6. The fourth-order valence-corrected chi connectivity index (χ4v) is 1.76. The molecule has 0 fully saturated rings. The van der Waals surface area contributed by atoms with Crippen LogP contribution in [0.25, 0.3) is 0 Å². The average Bonchev–Trinajstić information content (AvgIpc) is 2.53. The van der Waals surface area contributed by atoms with E-state index in [1.807, 2.05) is 25.1 Å². The summed E-state index contributed by atoms with van der Waals surface area (Å²) >= 11 is 0. The number of halogens is 1. The number of rotatable bonds is 7. The lowest BCUT2D eigenvalue weighted by Gasteiger charge is -2.12. The lowest BCUT2D eigenvalue weighted by atomic mass is 10.1. The first-order valence-electron chi connectivity index (χ1n) is 7.04. The van der Waals surface area contributed by atoms with Crippen LogP contribution in [0.3, 0.4) is 0 Å². The predicted molar refractivity (Wildman–Crippen MR) is 99.9 cm³/mol. The highest BCUT2D eigenvalue weighted by Gasteiger charge is 2.04. The van der Waals surface area contributed by atoms with Gasteiger partial charge in [-0.2, -0.15) is 0 Å². The van der Waals surface area contributed by atoms with Gasteiger partial charge in [0.1, 0.15) is 0 Å². The van der Waals surface area contributed by atoms with Crippen LogP contribution in [-0.4, -0.2) is 45.7 Å². The van der Waals surface area contributed by atoms with E-state index in [4.69, 9.17) is 4.74 Å². The highest BCUT2D eigenvalue weighted by Crippen LogP contribution is 2.04. The van der Waals surface area contributed by atoms with Crippen LogP contribution in [0.2, 0.25) is 0 Å². The number of ether oxygens (including phenoxy) is 1. The zero-order valence-electron chi connectivity index (χ0n) is 13.3. The maximum Gasteiger partial charge on any atom is 0.251 e. The number of guanidine groups is 1. The number of carbonyl (C=O) groups excluding carboxylic acids is 1. The van der Waals surface area contributed by atoms with Crippen LogP contribution in [0.5, 0.6) is 0 Å². The summed E-state index contributed by atoms with van der Waals surface area (Å²) in [6, 6.07) is 7.48. The molecule has 0 saturated carbocycles. The number of nitrogens with zero attached hydrogens (tertiary/aromatic N) is 1. The van der Waals surface area contributed by atoms with E-state index in [0.717, 1.165) is 5.56 Å². The number of hydrogen-bond donors (Lipinski definition) is 3. The fraction of sp³-hybridized carbons (Fsp3) is 0.467. The van der Waals surface area contributed by atoms with Crippen LogP contribution in [0.4, 0.5) is 0 Å². The van der Waals surface area contributed by atoms with Crippen molar-refractivity contribution in [3.05, 3.63) is 35.4 Å². The number of benzene rings is 1. The van der Waals surface area contributed by atoms with Crippen molar-refractivity contribution in [3.63, 3.8) is 0 Å². The standard InChI is InChI=1S/C15H24N4O2.HI/c1-4-21-9-8-18-15(17-3)19-11-12-6-5-7-13(10-12)14(20)16-2;/h5-7,10H,4,8-9,11H2,1-3H3,(H,16,20)(H2,17,18,19);1H. The van der Waals surface area contributed by atoms with Crippen LogP contribution in [0.1, 0.15) is 22.8 Å². The minimum Gasteiger partial charge on any atom is -0.380 e. The third-order valence-corrected chi connectivity index (χ3v) is 2.84. The van der Waals surface area contributed by atoms with Gasteiger partial charge in [0, 0.05) is 39.4 Å². The van der Waals surface area contributed by atoms with Gasteiger partial charge in [0.15, 0.2) is 5.96 Å². The van der Waals surface area contributed by atoms with Crippen molar-refractivity contribution in [2.75, 3.05) is 33.9 Å². The minimum atomic E-state index is -0.0870. The first kappa shape index (κ1) is 20.6. The molecule has 0 bridgehead atoms. The van der Waals surface area contributed by atoms with Gasteiger partial charge in [0.05, 0.1) is 6.61 Å². The van der Waals surface area contributed by atoms with Gasteiger partial charge in [-0.3, -0.25) is 9.79 Å². The third kappa shape index (κ3) is 7.60. The Bertz CT molecular complexity index is 480. The molecule has 1 aromatic carbocycles. The van der Waals surface area contributed by atoms with Crippen molar-refractivity contribution in [2.45, 2.75) is 13.5 Å². The highest BCUT2D eigenvalue weighted by molar-refractivity contribution is 14.0. The molecule has 0 unspecified atom stereocenters. The van der Waals surface area contributed by atoms with Gasteiger partial charge in [-0.15, -0.1) is 24.0 Å². The number of hydrogen-bond acceptors (Lipinski definition) is 3. The Morgan fingerprint density at radius 3 is 2.73 bits per heavy atom. The van der Waals surface area contributed by atoms with Crippen LogP contribution in [0.15, 0.2) is 29.3 Å². The van der Waals surface area contributed by atoms with E-state index in [-0.39, 0.29) is 29.9 Å². The molecular formula is C15H25IN4O2. The summed E-state index contributed by atoms with van der Waals surface area (Å²) in [5.74, 6) is 0.621. The van der Waals surface area contributed by atoms with E-state index in [9.17, 15) is 4.79 Å². The molecule has 124 valence electrons. The largest absolute Gasteiger partial charge is 0.380 e. The van der Waals surface area contributed by atoms with Crippen LogP contribution < -0.4 is 16.0 Å². The van der Waals surface area contributed by atoms with E-state index >= 15 is 0 Å². The number of nitrogens with one attached hydrogen (secondary N) is 3. The molecule has 1 rings (SSSR count). The lowest BCUT2D eigenvalue weighted by molar-refractivity contribution is 0.0963. The summed E-state index contributed by atoms with van der Waals surface area (Å²) in [7, 11) is 3.34. The molecule has 0 aliphatic heterocycles. The smallest absolute Gasteiger partial charge is 0.251 e. The Balaban J connectivity index is 0.00000441. The van der Waals surface area contributed by atoms with Gasteiger partial charge >= 0.3 is 0 Å². The fourth-order valence-electron chi connectivity index (χ4n) is 1.76. The predicted octanol–water partition coefficient (Wildman–Crippen LogP) is 1.37. The average molecular weight is 420 g/mol. The molecule has 1 aromatic rings. The Morgan fingerprint density at radius 2 is 2.09 bits per heavy atom. The van der Waals surface area contributed by atoms with E-state index in [2.05, 4.69) is 20.9 Å². The molecule has 1 amide bonds. The van der Waals surface area contributed by atoms with Crippen LogP contribution in [-0.2, 0) is 11.3 Å². The van der Waals surface area contributed by atoms with Gasteiger partial charge in [-0.1, -0.05) is 12.1 Å². The van der Waals surface area contributed by atoms with Crippen LogP contribution >= 0.6 is 24.0 Å². The number of aliphatic imine (C=N–C) groups is 1. The molecule has 6 nitrogen and oxygen atoms in total. The molecule has 0 aliphatic carbocycles. The number of amides is 1. The van der Waals surface area contributed by atoms with Gasteiger partial charge in [0.2, 0.25) is 0 Å². The van der Waals surface area contributed by atoms with Crippen molar-refractivity contribution >= 4 is 35.8 Å². The molecule has 7 heteroatoms. The summed E-state index contributed by atoms with van der Waals surface area (Å²) in [6.07, 6.45) is 0. The highest BCUT2D eigenvalue weighted by atomic mass is 127. The van der Waals surface area contributed by atoms with Gasteiger partial charge in [-0.05, 0) is 24.6 Å². The topological polar surface area (TPSA) is 74.8 Å². The SMILES string of the molecule is CCOCCNC(=NC)NCc1cccc(C(=O)NC)c1.I.